The van der Waals surface area contributed by atoms with Crippen molar-refractivity contribution in [3.05, 3.63) is 93.0 Å². The first kappa shape index (κ1) is 19.5. The first-order valence-corrected chi connectivity index (χ1v) is 9.89. The molecule has 0 spiro atoms. The Morgan fingerprint density at radius 2 is 1.72 bits per heavy atom. The van der Waals surface area contributed by atoms with Crippen molar-refractivity contribution in [3.63, 3.8) is 0 Å². The lowest BCUT2D eigenvalue weighted by atomic mass is 9.98. The van der Waals surface area contributed by atoms with Gasteiger partial charge in [-0.05, 0) is 66.6 Å². The van der Waals surface area contributed by atoms with Gasteiger partial charge in [0, 0.05) is 27.6 Å². The van der Waals surface area contributed by atoms with Crippen molar-refractivity contribution in [2.45, 2.75) is 19.4 Å². The van der Waals surface area contributed by atoms with Gasteiger partial charge in [-0.1, -0.05) is 35.3 Å². The summed E-state index contributed by atoms with van der Waals surface area (Å²) in [6.07, 6.45) is 0.436. The van der Waals surface area contributed by atoms with Gasteiger partial charge in [0.15, 0.2) is 0 Å². The second-order valence-corrected chi connectivity index (χ2v) is 7.88. The van der Waals surface area contributed by atoms with Crippen LogP contribution >= 0.6 is 23.2 Å². The topological polar surface area (TPSA) is 61.7 Å². The minimum Gasteiger partial charge on any atom is -0.508 e. The lowest BCUT2D eigenvalue weighted by Gasteiger charge is -2.12. The minimum absolute atomic E-state index is 0.186. The Balaban J connectivity index is 1.83. The number of phenols is 1. The number of phenolic OH excluding ortho intramolecular Hbond substituents is 1. The fraction of sp³-hybridized carbons (Fsp3) is 0.130. The average molecular weight is 425 g/mol. The van der Waals surface area contributed by atoms with E-state index in [2.05, 4.69) is 5.32 Å². The van der Waals surface area contributed by atoms with Crippen molar-refractivity contribution < 1.29 is 9.90 Å². The van der Waals surface area contributed by atoms with Crippen molar-refractivity contribution in [3.8, 4) is 5.75 Å². The molecule has 0 radical (unpaired) electrons. The predicted octanol–water partition coefficient (Wildman–Crippen LogP) is 5.41. The summed E-state index contributed by atoms with van der Waals surface area (Å²) in [6, 6.07) is 17.4. The number of amides is 1. The maximum absolute atomic E-state index is 12.9. The number of nitrogens with zero attached hydrogens (tertiary/aromatic N) is 1. The number of nitrogens with one attached hydrogen (secondary N) is 1. The summed E-state index contributed by atoms with van der Waals surface area (Å²) >= 11 is 12.2. The van der Waals surface area contributed by atoms with Crippen molar-refractivity contribution in [1.29, 1.82) is 0 Å². The lowest BCUT2D eigenvalue weighted by Crippen LogP contribution is -2.27. The molecule has 0 aliphatic carbocycles. The van der Waals surface area contributed by atoms with Crippen molar-refractivity contribution in [2.24, 2.45) is 4.99 Å². The number of halogens is 2. The Bertz CT molecular complexity index is 1120. The molecule has 0 saturated carbocycles. The van der Waals surface area contributed by atoms with Gasteiger partial charge in [-0.2, -0.15) is 0 Å². The van der Waals surface area contributed by atoms with Crippen molar-refractivity contribution in [1.82, 2.24) is 0 Å². The Kier molecular flexibility index (Phi) is 5.31. The third-order valence-electron chi connectivity index (χ3n) is 4.89. The van der Waals surface area contributed by atoms with Crippen molar-refractivity contribution in [2.75, 3.05) is 5.32 Å². The summed E-state index contributed by atoms with van der Waals surface area (Å²) in [4.78, 5) is 17.7. The van der Waals surface area contributed by atoms with Gasteiger partial charge in [-0.25, -0.2) is 0 Å². The zero-order valence-corrected chi connectivity index (χ0v) is 17.1. The molecule has 0 saturated heterocycles. The number of aliphatic imine (C=N–C) groups is 1. The van der Waals surface area contributed by atoms with Gasteiger partial charge < -0.3 is 10.4 Å². The van der Waals surface area contributed by atoms with Crippen LogP contribution in [0.15, 0.2) is 65.7 Å². The zero-order valence-electron chi connectivity index (χ0n) is 15.6. The first-order valence-electron chi connectivity index (χ1n) is 9.14. The van der Waals surface area contributed by atoms with E-state index >= 15 is 0 Å². The monoisotopic (exact) mass is 424 g/mol. The number of aromatic hydroxyl groups is 1. The first-order chi connectivity index (χ1) is 13.9. The number of hydrogen-bond donors (Lipinski definition) is 2. The molecule has 4 nitrogen and oxygen atoms in total. The molecule has 1 amide bonds. The molecule has 3 aromatic carbocycles. The normalized spacial score (nSPS) is 15.9. The largest absolute Gasteiger partial charge is 0.508 e. The van der Waals surface area contributed by atoms with Crippen LogP contribution in [-0.2, 0) is 11.2 Å². The van der Waals surface area contributed by atoms with Gasteiger partial charge in [0.1, 0.15) is 11.8 Å². The highest BCUT2D eigenvalue weighted by atomic mass is 35.5. The minimum atomic E-state index is -0.619. The van der Waals surface area contributed by atoms with E-state index in [0.717, 1.165) is 22.3 Å². The number of carbonyl (C=O) groups excluding carboxylic acids is 1. The molecule has 2 N–H and O–H groups in total. The van der Waals surface area contributed by atoms with Gasteiger partial charge >= 0.3 is 0 Å². The second-order valence-electron chi connectivity index (χ2n) is 7.00. The summed E-state index contributed by atoms with van der Waals surface area (Å²) < 4.78 is 0. The van der Waals surface area contributed by atoms with Crippen LogP contribution in [-0.4, -0.2) is 22.8 Å². The molecule has 0 bridgehead atoms. The highest BCUT2D eigenvalue weighted by molar-refractivity contribution is 6.32. The van der Waals surface area contributed by atoms with Gasteiger partial charge in [0.2, 0.25) is 5.91 Å². The SMILES string of the molecule is Cc1cc(C2=NC(Cc3ccc(Cl)cc3)C(=O)Nc3ccc(Cl)cc32)ccc1O. The number of aryl methyl sites for hydroxylation is 1. The predicted molar refractivity (Wildman–Crippen MR) is 118 cm³/mol. The Hall–Kier alpha value is -2.82. The maximum atomic E-state index is 12.9. The summed E-state index contributed by atoms with van der Waals surface area (Å²) in [5.74, 6) is 0.0234. The zero-order chi connectivity index (χ0) is 20.5. The molecule has 6 heteroatoms. The third kappa shape index (κ3) is 4.14. The Morgan fingerprint density at radius 1 is 1.00 bits per heavy atom. The van der Waals surface area contributed by atoms with Crippen LogP contribution in [0.2, 0.25) is 10.0 Å². The fourth-order valence-corrected chi connectivity index (χ4v) is 3.63. The summed E-state index contributed by atoms with van der Waals surface area (Å²) in [6.45, 7) is 1.82. The molecule has 29 heavy (non-hydrogen) atoms. The number of hydrogen-bond acceptors (Lipinski definition) is 3. The maximum Gasteiger partial charge on any atom is 0.249 e. The second kappa shape index (κ2) is 7.90. The summed E-state index contributed by atoms with van der Waals surface area (Å²) in [5, 5.41) is 14.1. The van der Waals surface area contributed by atoms with E-state index in [4.69, 9.17) is 28.2 Å². The number of benzodiazepines with no additional fused rings is 1. The van der Waals surface area contributed by atoms with E-state index in [1.165, 1.54) is 0 Å². The molecule has 1 aliphatic heterocycles. The van der Waals surface area contributed by atoms with Gasteiger partial charge in [-0.15, -0.1) is 0 Å². The van der Waals surface area contributed by atoms with Crippen LogP contribution in [0.5, 0.6) is 5.75 Å². The van der Waals surface area contributed by atoms with Crippen LogP contribution in [0, 0.1) is 6.92 Å². The molecule has 3 aromatic rings. The molecule has 1 heterocycles. The van der Waals surface area contributed by atoms with Crippen molar-refractivity contribution >= 4 is 40.5 Å². The molecular formula is C23H18Cl2N2O2. The van der Waals surface area contributed by atoms with Gasteiger partial charge in [0.05, 0.1) is 11.4 Å². The van der Waals surface area contributed by atoms with E-state index in [1.54, 1.807) is 42.5 Å². The lowest BCUT2D eigenvalue weighted by molar-refractivity contribution is -0.117. The van der Waals surface area contributed by atoms with E-state index in [1.807, 2.05) is 25.1 Å². The number of anilines is 1. The molecule has 1 aliphatic rings. The van der Waals surface area contributed by atoms with E-state index < -0.39 is 6.04 Å². The van der Waals surface area contributed by atoms with Crippen LogP contribution < -0.4 is 5.32 Å². The van der Waals surface area contributed by atoms with Gasteiger partial charge in [-0.3, -0.25) is 9.79 Å². The highest BCUT2D eigenvalue weighted by Gasteiger charge is 2.26. The van der Waals surface area contributed by atoms with Crippen LogP contribution in [0.3, 0.4) is 0 Å². The number of rotatable bonds is 3. The molecular weight excluding hydrogens is 407 g/mol. The highest BCUT2D eigenvalue weighted by Crippen LogP contribution is 2.29. The smallest absolute Gasteiger partial charge is 0.249 e. The van der Waals surface area contributed by atoms with Crippen LogP contribution in [0.1, 0.15) is 22.3 Å². The van der Waals surface area contributed by atoms with E-state index in [-0.39, 0.29) is 11.7 Å². The standard InChI is InChI=1S/C23H18Cl2N2O2/c1-13-10-15(4-9-21(13)28)22-18-12-17(25)7-8-19(18)27-23(29)20(26-22)11-14-2-5-16(24)6-3-14/h2-10,12,20,28H,11H2,1H3,(H,27,29). The Morgan fingerprint density at radius 3 is 2.45 bits per heavy atom. The quantitative estimate of drug-likeness (QED) is 0.590. The number of fused-ring (bicyclic) bond motifs is 1. The summed E-state index contributed by atoms with van der Waals surface area (Å²) in [7, 11) is 0. The van der Waals surface area contributed by atoms with E-state index in [0.29, 0.717) is 27.9 Å². The molecule has 146 valence electrons. The molecule has 4 rings (SSSR count). The average Bonchev–Trinajstić information content (AvgIpc) is 2.82. The van der Waals surface area contributed by atoms with Crippen LogP contribution in [0.4, 0.5) is 5.69 Å². The fourth-order valence-electron chi connectivity index (χ4n) is 3.34. The molecule has 1 unspecified atom stereocenters. The molecule has 1 atom stereocenters. The van der Waals surface area contributed by atoms with Crippen LogP contribution in [0.25, 0.3) is 0 Å². The Labute approximate surface area is 178 Å². The van der Waals surface area contributed by atoms with Gasteiger partial charge in [0.25, 0.3) is 0 Å². The molecule has 0 aromatic heterocycles. The molecule has 0 fully saturated rings. The number of benzene rings is 3. The third-order valence-corrected chi connectivity index (χ3v) is 5.38. The van der Waals surface area contributed by atoms with E-state index in [9.17, 15) is 9.90 Å². The number of carbonyl (C=O) groups is 1. The summed E-state index contributed by atoms with van der Waals surface area (Å²) in [5.41, 5.74) is 4.55.